The van der Waals surface area contributed by atoms with Gasteiger partial charge in [-0.15, -0.1) is 0 Å². The number of nitrogens with zero attached hydrogens (tertiary/aromatic N) is 2. The standard InChI is InChI=1S/C13H19N3O4/c17-11-7-16(10(4-14-11)12(18)19)13(20)15-5-8-2-1-3-9(8)6-15/h8-10H,1-7H2,(H,14,17)(H,18,19). The van der Waals surface area contributed by atoms with Crippen LogP contribution in [0.25, 0.3) is 0 Å². The van der Waals surface area contributed by atoms with Crippen molar-refractivity contribution in [3.8, 4) is 0 Å². The molecular weight excluding hydrogens is 262 g/mol. The monoisotopic (exact) mass is 281 g/mol. The highest BCUT2D eigenvalue weighted by atomic mass is 16.4. The fourth-order valence-electron chi connectivity index (χ4n) is 3.64. The van der Waals surface area contributed by atoms with Crippen molar-refractivity contribution in [3.63, 3.8) is 0 Å². The maximum atomic E-state index is 12.5. The summed E-state index contributed by atoms with van der Waals surface area (Å²) in [5, 5.41) is 11.7. The fraction of sp³-hybridized carbons (Fsp3) is 0.769. The van der Waals surface area contributed by atoms with Gasteiger partial charge in [-0.2, -0.15) is 0 Å². The number of urea groups is 1. The van der Waals surface area contributed by atoms with Gasteiger partial charge in [-0.1, -0.05) is 6.42 Å². The molecular formula is C13H19N3O4. The molecule has 0 radical (unpaired) electrons. The van der Waals surface area contributed by atoms with Gasteiger partial charge < -0.3 is 15.3 Å². The Morgan fingerprint density at radius 1 is 1.20 bits per heavy atom. The molecule has 0 bridgehead atoms. The van der Waals surface area contributed by atoms with Crippen molar-refractivity contribution in [1.82, 2.24) is 15.1 Å². The van der Waals surface area contributed by atoms with Crippen molar-refractivity contribution in [3.05, 3.63) is 0 Å². The molecule has 7 heteroatoms. The largest absolute Gasteiger partial charge is 0.480 e. The van der Waals surface area contributed by atoms with Gasteiger partial charge in [0, 0.05) is 19.6 Å². The van der Waals surface area contributed by atoms with Gasteiger partial charge in [0.05, 0.1) is 0 Å². The predicted octanol–water partition coefficient (Wildman–Crippen LogP) is -0.277. The van der Waals surface area contributed by atoms with Crippen LogP contribution in [0.2, 0.25) is 0 Å². The smallest absolute Gasteiger partial charge is 0.328 e. The Morgan fingerprint density at radius 3 is 2.45 bits per heavy atom. The van der Waals surface area contributed by atoms with Gasteiger partial charge in [-0.05, 0) is 24.7 Å². The summed E-state index contributed by atoms with van der Waals surface area (Å²) >= 11 is 0. The first kappa shape index (κ1) is 13.2. The number of rotatable bonds is 1. The molecule has 0 aromatic heterocycles. The maximum absolute atomic E-state index is 12.5. The number of hydrogen-bond acceptors (Lipinski definition) is 3. The molecule has 1 saturated carbocycles. The van der Waals surface area contributed by atoms with E-state index in [1.165, 1.54) is 11.3 Å². The molecule has 2 N–H and O–H groups in total. The third-order valence-electron chi connectivity index (χ3n) is 4.71. The minimum atomic E-state index is -1.07. The number of piperazine rings is 1. The van der Waals surface area contributed by atoms with E-state index in [0.717, 1.165) is 12.8 Å². The number of carboxylic acids is 1. The molecule has 3 rings (SSSR count). The van der Waals surface area contributed by atoms with Crippen LogP contribution < -0.4 is 5.32 Å². The summed E-state index contributed by atoms with van der Waals surface area (Å²) in [6, 6.07) is -1.26. The first-order valence-electron chi connectivity index (χ1n) is 7.11. The molecule has 3 atom stereocenters. The number of carbonyl (C=O) groups is 3. The zero-order valence-corrected chi connectivity index (χ0v) is 11.2. The van der Waals surface area contributed by atoms with E-state index in [9.17, 15) is 19.5 Å². The molecule has 2 heterocycles. The lowest BCUT2D eigenvalue weighted by Gasteiger charge is -2.35. The summed E-state index contributed by atoms with van der Waals surface area (Å²) in [5.41, 5.74) is 0. The Morgan fingerprint density at radius 2 is 1.85 bits per heavy atom. The van der Waals surface area contributed by atoms with Crippen molar-refractivity contribution in [1.29, 1.82) is 0 Å². The zero-order valence-electron chi connectivity index (χ0n) is 11.2. The van der Waals surface area contributed by atoms with E-state index in [1.54, 1.807) is 4.90 Å². The number of carboxylic acid groups (broad SMARTS) is 1. The van der Waals surface area contributed by atoms with Gasteiger partial charge in [0.2, 0.25) is 5.91 Å². The quantitative estimate of drug-likeness (QED) is 0.692. The molecule has 3 unspecified atom stereocenters. The van der Waals surface area contributed by atoms with Crippen LogP contribution in [0, 0.1) is 11.8 Å². The van der Waals surface area contributed by atoms with Gasteiger partial charge >= 0.3 is 12.0 Å². The van der Waals surface area contributed by atoms with Gasteiger partial charge in [0.1, 0.15) is 12.6 Å². The Hall–Kier alpha value is -1.79. The number of aliphatic carboxylic acids is 1. The lowest BCUT2D eigenvalue weighted by Crippen LogP contribution is -2.61. The van der Waals surface area contributed by atoms with E-state index < -0.39 is 12.0 Å². The fourth-order valence-corrected chi connectivity index (χ4v) is 3.64. The molecule has 2 saturated heterocycles. The molecule has 3 fully saturated rings. The van der Waals surface area contributed by atoms with Crippen LogP contribution in [0.5, 0.6) is 0 Å². The van der Waals surface area contributed by atoms with E-state index >= 15 is 0 Å². The van der Waals surface area contributed by atoms with Gasteiger partial charge in [-0.3, -0.25) is 9.69 Å². The van der Waals surface area contributed by atoms with E-state index in [1.807, 2.05) is 0 Å². The lowest BCUT2D eigenvalue weighted by atomic mass is 10.0. The minimum absolute atomic E-state index is 0.0133. The molecule has 1 aliphatic carbocycles. The molecule has 0 aromatic carbocycles. The molecule has 7 nitrogen and oxygen atoms in total. The first-order chi connectivity index (χ1) is 9.56. The molecule has 110 valence electrons. The van der Waals surface area contributed by atoms with Crippen molar-refractivity contribution >= 4 is 17.9 Å². The number of hydrogen-bond donors (Lipinski definition) is 2. The molecule has 20 heavy (non-hydrogen) atoms. The third kappa shape index (κ3) is 2.21. The van der Waals surface area contributed by atoms with Gasteiger partial charge in [0.25, 0.3) is 0 Å². The molecule has 3 amide bonds. The summed E-state index contributed by atoms with van der Waals surface area (Å²) in [4.78, 5) is 38.1. The Kier molecular flexibility index (Phi) is 3.27. The minimum Gasteiger partial charge on any atom is -0.480 e. The molecule has 2 aliphatic heterocycles. The highest BCUT2D eigenvalue weighted by Crippen LogP contribution is 2.38. The van der Waals surface area contributed by atoms with Crippen LogP contribution >= 0.6 is 0 Å². The van der Waals surface area contributed by atoms with Gasteiger partial charge in [-0.25, -0.2) is 9.59 Å². The van der Waals surface area contributed by atoms with Crippen LogP contribution in [0.4, 0.5) is 4.79 Å². The van der Waals surface area contributed by atoms with Crippen LogP contribution in [0.15, 0.2) is 0 Å². The van der Waals surface area contributed by atoms with Crippen LogP contribution in [0.3, 0.4) is 0 Å². The number of fused-ring (bicyclic) bond motifs is 1. The summed E-state index contributed by atoms with van der Waals surface area (Å²) in [6.45, 7) is 1.23. The second kappa shape index (κ2) is 4.96. The Labute approximate surface area is 116 Å². The SMILES string of the molecule is O=C1CN(C(=O)N2CC3CCCC3C2)C(C(=O)O)CN1. The first-order valence-corrected chi connectivity index (χ1v) is 7.11. The zero-order chi connectivity index (χ0) is 14.3. The Balaban J connectivity index is 1.71. The van der Waals surface area contributed by atoms with E-state index in [4.69, 9.17) is 0 Å². The van der Waals surface area contributed by atoms with E-state index in [0.29, 0.717) is 24.9 Å². The van der Waals surface area contributed by atoms with Crippen LogP contribution in [-0.2, 0) is 9.59 Å². The average Bonchev–Trinajstić information content (AvgIpc) is 2.97. The third-order valence-corrected chi connectivity index (χ3v) is 4.71. The van der Waals surface area contributed by atoms with Crippen molar-refractivity contribution in [2.24, 2.45) is 11.8 Å². The summed E-state index contributed by atoms with van der Waals surface area (Å²) in [6.07, 6.45) is 3.52. The highest BCUT2D eigenvalue weighted by molar-refractivity contribution is 5.90. The summed E-state index contributed by atoms with van der Waals surface area (Å²) in [5.74, 6) is -0.255. The van der Waals surface area contributed by atoms with Gasteiger partial charge in [0.15, 0.2) is 0 Å². The van der Waals surface area contributed by atoms with E-state index in [2.05, 4.69) is 5.32 Å². The lowest BCUT2D eigenvalue weighted by molar-refractivity contribution is -0.144. The number of nitrogens with one attached hydrogen (secondary N) is 1. The molecule has 3 aliphatic rings. The maximum Gasteiger partial charge on any atom is 0.328 e. The van der Waals surface area contributed by atoms with Crippen LogP contribution in [0.1, 0.15) is 19.3 Å². The summed E-state index contributed by atoms with van der Waals surface area (Å²) in [7, 11) is 0. The molecule has 0 aromatic rings. The highest BCUT2D eigenvalue weighted by Gasteiger charge is 2.43. The Bertz CT molecular complexity index is 441. The number of likely N-dealkylation sites (tertiary alicyclic amines) is 1. The predicted molar refractivity (Wildman–Crippen MR) is 68.9 cm³/mol. The van der Waals surface area contributed by atoms with Crippen LogP contribution in [-0.4, -0.2) is 65.0 Å². The van der Waals surface area contributed by atoms with E-state index in [-0.39, 0.29) is 25.0 Å². The van der Waals surface area contributed by atoms with Crippen molar-refractivity contribution < 1.29 is 19.5 Å². The topological polar surface area (TPSA) is 90.0 Å². The average molecular weight is 281 g/mol. The number of amides is 3. The normalized spacial score (nSPS) is 33.0. The second-order valence-electron chi connectivity index (χ2n) is 5.92. The molecule has 0 spiro atoms. The van der Waals surface area contributed by atoms with Crippen molar-refractivity contribution in [2.45, 2.75) is 25.3 Å². The second-order valence-corrected chi connectivity index (χ2v) is 5.92. The number of carbonyl (C=O) groups excluding carboxylic acids is 2. The summed E-state index contributed by atoms with van der Waals surface area (Å²) < 4.78 is 0. The van der Waals surface area contributed by atoms with Crippen molar-refractivity contribution in [2.75, 3.05) is 26.2 Å².